The van der Waals surface area contributed by atoms with Gasteiger partial charge < -0.3 is 9.47 Å². The van der Waals surface area contributed by atoms with E-state index in [9.17, 15) is 4.79 Å². The molecule has 1 aliphatic heterocycles. The number of pyridine rings is 1. The van der Waals surface area contributed by atoms with Crippen molar-refractivity contribution < 1.29 is 4.79 Å². The summed E-state index contributed by atoms with van der Waals surface area (Å²) in [6, 6.07) is 9.50. The van der Waals surface area contributed by atoms with Crippen LogP contribution in [0.5, 0.6) is 0 Å². The summed E-state index contributed by atoms with van der Waals surface area (Å²) in [6.07, 6.45) is 6.83. The first-order valence-corrected chi connectivity index (χ1v) is 9.40. The van der Waals surface area contributed by atoms with E-state index in [0.29, 0.717) is 23.8 Å². The van der Waals surface area contributed by atoms with Gasteiger partial charge in [-0.25, -0.2) is 14.5 Å². The topological polar surface area (TPSA) is 68.3 Å². The van der Waals surface area contributed by atoms with Gasteiger partial charge in [-0.1, -0.05) is 11.6 Å². The lowest BCUT2D eigenvalue weighted by atomic mass is 10.1. The molecule has 0 saturated heterocycles. The van der Waals surface area contributed by atoms with Gasteiger partial charge in [-0.3, -0.25) is 4.79 Å². The molecule has 0 spiro atoms. The lowest BCUT2D eigenvalue weighted by molar-refractivity contribution is 0.0638. The molecule has 1 unspecified atom stereocenters. The number of amides is 1. The van der Waals surface area contributed by atoms with Crippen LogP contribution < -0.4 is 0 Å². The molecule has 4 aromatic heterocycles. The number of fused-ring (bicyclic) bond motifs is 2. The van der Waals surface area contributed by atoms with Crippen LogP contribution >= 0.6 is 11.6 Å². The highest BCUT2D eigenvalue weighted by molar-refractivity contribution is 6.30. The molecule has 7 nitrogen and oxygen atoms in total. The maximum absolute atomic E-state index is 13.1. The average Bonchev–Trinajstić information content (AvgIpc) is 3.32. The van der Waals surface area contributed by atoms with E-state index in [1.807, 2.05) is 17.9 Å². The van der Waals surface area contributed by atoms with Gasteiger partial charge in [-0.15, -0.1) is 0 Å². The number of hydrogen-bond donors (Lipinski definition) is 0. The van der Waals surface area contributed by atoms with Crippen molar-refractivity contribution in [2.24, 2.45) is 0 Å². The van der Waals surface area contributed by atoms with Crippen molar-refractivity contribution in [3.05, 3.63) is 71.7 Å². The Bertz CT molecular complexity index is 1180. The molecule has 5 rings (SSSR count). The fourth-order valence-corrected chi connectivity index (χ4v) is 3.99. The molecule has 0 aliphatic carbocycles. The van der Waals surface area contributed by atoms with Gasteiger partial charge in [0.1, 0.15) is 6.33 Å². The van der Waals surface area contributed by atoms with Gasteiger partial charge in [0.15, 0.2) is 5.69 Å². The van der Waals surface area contributed by atoms with Crippen molar-refractivity contribution in [2.45, 2.75) is 19.5 Å². The Morgan fingerprint density at radius 2 is 1.96 bits per heavy atom. The normalized spacial score (nSPS) is 16.4. The van der Waals surface area contributed by atoms with Gasteiger partial charge in [-0.05, 0) is 37.3 Å². The number of carbonyl (C=O) groups is 1. The molecule has 0 N–H and O–H groups in total. The van der Waals surface area contributed by atoms with Gasteiger partial charge in [0.05, 0.1) is 22.3 Å². The molecular formula is C20H17ClN6O. The molecular weight excluding hydrogens is 376 g/mol. The van der Waals surface area contributed by atoms with Gasteiger partial charge in [-0.2, -0.15) is 5.10 Å². The van der Waals surface area contributed by atoms with Gasteiger partial charge >= 0.3 is 0 Å². The summed E-state index contributed by atoms with van der Waals surface area (Å²) in [5, 5.41) is 4.99. The lowest BCUT2D eigenvalue weighted by Crippen LogP contribution is -2.41. The van der Waals surface area contributed by atoms with Crippen molar-refractivity contribution in [1.29, 1.82) is 0 Å². The summed E-state index contributed by atoms with van der Waals surface area (Å²) in [5.74, 6) is -0.0793. The van der Waals surface area contributed by atoms with E-state index in [2.05, 4.69) is 31.8 Å². The third-order valence-electron chi connectivity index (χ3n) is 5.23. The van der Waals surface area contributed by atoms with Crippen LogP contribution in [0.4, 0.5) is 0 Å². The Kier molecular flexibility index (Phi) is 3.91. The Labute approximate surface area is 166 Å². The number of aromatic nitrogens is 5. The Hall–Kier alpha value is -3.19. The van der Waals surface area contributed by atoms with Crippen molar-refractivity contribution in [1.82, 2.24) is 29.0 Å². The van der Waals surface area contributed by atoms with Crippen LogP contribution in [0.3, 0.4) is 0 Å². The molecule has 0 fully saturated rings. The number of rotatable bonds is 2. The molecule has 1 aliphatic rings. The van der Waals surface area contributed by atoms with Crippen molar-refractivity contribution >= 4 is 23.0 Å². The second-order valence-corrected chi connectivity index (χ2v) is 7.28. The first kappa shape index (κ1) is 16.9. The van der Waals surface area contributed by atoms with E-state index in [1.165, 1.54) is 6.33 Å². The lowest BCUT2D eigenvalue weighted by Gasteiger charge is -2.35. The fraction of sp³-hybridized carbons (Fsp3) is 0.200. The number of hydrogen-bond acceptors (Lipinski definition) is 4. The minimum atomic E-state index is -0.0793. The van der Waals surface area contributed by atoms with E-state index in [-0.39, 0.29) is 11.9 Å². The van der Waals surface area contributed by atoms with Crippen LogP contribution in [-0.4, -0.2) is 41.5 Å². The van der Waals surface area contributed by atoms with E-state index in [0.717, 1.165) is 22.5 Å². The summed E-state index contributed by atoms with van der Waals surface area (Å²) >= 11 is 6.02. The molecule has 28 heavy (non-hydrogen) atoms. The second-order valence-electron chi connectivity index (χ2n) is 6.84. The van der Waals surface area contributed by atoms with Crippen LogP contribution in [0.1, 0.15) is 29.1 Å². The van der Waals surface area contributed by atoms with Crippen LogP contribution in [0.15, 0.2) is 55.2 Å². The molecule has 0 radical (unpaired) electrons. The maximum atomic E-state index is 13.1. The largest absolute Gasteiger partial charge is 0.341 e. The summed E-state index contributed by atoms with van der Waals surface area (Å²) < 4.78 is 3.87. The van der Waals surface area contributed by atoms with Gasteiger partial charge in [0.2, 0.25) is 0 Å². The van der Waals surface area contributed by atoms with Crippen molar-refractivity contribution in [3.63, 3.8) is 0 Å². The quantitative estimate of drug-likeness (QED) is 0.524. The Morgan fingerprint density at radius 3 is 2.79 bits per heavy atom. The number of halogens is 1. The van der Waals surface area contributed by atoms with Crippen molar-refractivity contribution in [2.75, 3.05) is 6.54 Å². The smallest absolute Gasteiger partial charge is 0.275 e. The zero-order chi connectivity index (χ0) is 19.3. The Morgan fingerprint density at radius 1 is 1.14 bits per heavy atom. The molecule has 1 atom stereocenters. The first-order chi connectivity index (χ1) is 13.6. The van der Waals surface area contributed by atoms with Crippen LogP contribution in [0, 0.1) is 0 Å². The predicted molar refractivity (Wildman–Crippen MR) is 105 cm³/mol. The predicted octanol–water partition coefficient (Wildman–Crippen LogP) is 3.46. The minimum Gasteiger partial charge on any atom is -0.341 e. The summed E-state index contributed by atoms with van der Waals surface area (Å²) in [6.45, 7) is 3.36. The fourth-order valence-electron chi connectivity index (χ4n) is 3.83. The molecule has 1 amide bonds. The molecule has 0 bridgehead atoms. The second kappa shape index (κ2) is 6.45. The molecule has 4 aromatic rings. The number of carbonyl (C=O) groups excluding carboxylic acids is 1. The highest BCUT2D eigenvalue weighted by Gasteiger charge is 2.31. The zero-order valence-corrected chi connectivity index (χ0v) is 15.9. The molecule has 5 heterocycles. The van der Waals surface area contributed by atoms with E-state index < -0.39 is 0 Å². The van der Waals surface area contributed by atoms with Gasteiger partial charge in [0, 0.05) is 42.9 Å². The van der Waals surface area contributed by atoms with E-state index >= 15 is 0 Å². The maximum Gasteiger partial charge on any atom is 0.275 e. The monoisotopic (exact) mass is 392 g/mol. The summed E-state index contributed by atoms with van der Waals surface area (Å²) in [7, 11) is 0. The van der Waals surface area contributed by atoms with Gasteiger partial charge in [0.25, 0.3) is 5.91 Å². The van der Waals surface area contributed by atoms with E-state index in [4.69, 9.17) is 11.6 Å². The average molecular weight is 393 g/mol. The van der Waals surface area contributed by atoms with Crippen LogP contribution in [0.25, 0.3) is 16.8 Å². The Balaban J connectivity index is 1.46. The SMILES string of the molecule is CC1c2ccc(-c3cncnc3)n2CCN1C(=O)c1cc2ccc(Cl)cn2n1. The third kappa shape index (κ3) is 2.66. The standard InChI is InChI=1S/C20H17ClN6O/c1-13-18-4-5-19(14-9-22-12-23-10-14)26(18)7-6-25(13)20(28)17-8-16-3-2-15(21)11-27(16)24-17/h2-5,8-13H,6-7H2,1H3. The highest BCUT2D eigenvalue weighted by atomic mass is 35.5. The molecule has 140 valence electrons. The van der Waals surface area contributed by atoms with E-state index in [1.54, 1.807) is 35.2 Å². The highest BCUT2D eigenvalue weighted by Crippen LogP contribution is 2.32. The number of nitrogens with zero attached hydrogens (tertiary/aromatic N) is 6. The molecule has 0 saturated carbocycles. The first-order valence-electron chi connectivity index (χ1n) is 9.02. The molecule has 8 heteroatoms. The minimum absolute atomic E-state index is 0.0620. The van der Waals surface area contributed by atoms with Crippen LogP contribution in [0.2, 0.25) is 5.02 Å². The van der Waals surface area contributed by atoms with Crippen LogP contribution in [-0.2, 0) is 6.54 Å². The summed E-state index contributed by atoms with van der Waals surface area (Å²) in [4.78, 5) is 23.2. The van der Waals surface area contributed by atoms with Crippen molar-refractivity contribution in [3.8, 4) is 11.3 Å². The summed E-state index contributed by atoms with van der Waals surface area (Å²) in [5.41, 5.74) is 4.39. The molecule has 0 aromatic carbocycles. The zero-order valence-electron chi connectivity index (χ0n) is 15.2. The third-order valence-corrected chi connectivity index (χ3v) is 5.46.